The molecule has 1 saturated heterocycles. The molecule has 8 heteroatoms. The summed E-state index contributed by atoms with van der Waals surface area (Å²) in [4.78, 5) is 13.6. The fourth-order valence-corrected chi connectivity index (χ4v) is 3.02. The number of hydrogen-bond acceptors (Lipinski definition) is 5. The maximum absolute atomic E-state index is 11.8. The fourth-order valence-electron chi connectivity index (χ4n) is 1.94. The number of carbonyl (C=O) groups is 1. The van der Waals surface area contributed by atoms with Crippen LogP contribution in [0.5, 0.6) is 0 Å². The van der Waals surface area contributed by atoms with Gasteiger partial charge in [0.1, 0.15) is 0 Å². The minimum Gasteiger partial charge on any atom is -0.378 e. The van der Waals surface area contributed by atoms with E-state index in [0.717, 1.165) is 6.26 Å². The molecule has 1 fully saturated rings. The molecule has 1 aliphatic rings. The molecule has 0 aromatic heterocycles. The first-order chi connectivity index (χ1) is 8.70. The lowest BCUT2D eigenvalue weighted by Crippen LogP contribution is -2.52. The third-order valence-electron chi connectivity index (χ3n) is 2.67. The zero-order valence-electron chi connectivity index (χ0n) is 11.7. The molecule has 0 aromatic carbocycles. The number of nitrogens with one attached hydrogen (secondary N) is 2. The Kier molecular flexibility index (Phi) is 5.72. The average molecular weight is 293 g/mol. The minimum absolute atomic E-state index is 0.0125. The molecule has 0 bridgehead atoms. The molecule has 1 amide bonds. The molecule has 2 N–H and O–H groups in total. The van der Waals surface area contributed by atoms with Gasteiger partial charge in [0.15, 0.2) is 0 Å². The molecule has 7 nitrogen and oxygen atoms in total. The molecule has 0 atom stereocenters. The van der Waals surface area contributed by atoms with Crippen molar-refractivity contribution in [3.63, 3.8) is 0 Å². The molecular weight excluding hydrogens is 270 g/mol. The van der Waals surface area contributed by atoms with E-state index in [9.17, 15) is 13.2 Å². The van der Waals surface area contributed by atoms with Crippen LogP contribution >= 0.6 is 0 Å². The van der Waals surface area contributed by atoms with Gasteiger partial charge in [0.05, 0.1) is 26.0 Å². The quantitative estimate of drug-likeness (QED) is 0.640. The van der Waals surface area contributed by atoms with Crippen molar-refractivity contribution in [1.29, 1.82) is 0 Å². The highest BCUT2D eigenvalue weighted by Crippen LogP contribution is 2.02. The van der Waals surface area contributed by atoms with Gasteiger partial charge in [-0.05, 0) is 13.8 Å². The second-order valence-electron chi connectivity index (χ2n) is 5.35. The SMILES string of the molecule is CC(C)(CNCC(=O)N1CCOCC1)NS(C)(=O)=O. The predicted molar refractivity (Wildman–Crippen MR) is 72.3 cm³/mol. The van der Waals surface area contributed by atoms with Crippen molar-refractivity contribution in [2.45, 2.75) is 19.4 Å². The van der Waals surface area contributed by atoms with Crippen molar-refractivity contribution < 1.29 is 17.9 Å². The van der Waals surface area contributed by atoms with Gasteiger partial charge >= 0.3 is 0 Å². The van der Waals surface area contributed by atoms with E-state index >= 15 is 0 Å². The van der Waals surface area contributed by atoms with Gasteiger partial charge in [0.2, 0.25) is 15.9 Å². The monoisotopic (exact) mass is 293 g/mol. The standard InChI is InChI=1S/C11H23N3O4S/c1-11(2,13-19(3,16)17)9-12-8-10(15)14-4-6-18-7-5-14/h12-13H,4-9H2,1-3H3. The Balaban J connectivity index is 2.30. The van der Waals surface area contributed by atoms with Crippen LogP contribution in [0.2, 0.25) is 0 Å². The highest BCUT2D eigenvalue weighted by Gasteiger charge is 2.23. The molecule has 0 aromatic rings. The summed E-state index contributed by atoms with van der Waals surface area (Å²) in [5.41, 5.74) is -0.626. The second-order valence-corrected chi connectivity index (χ2v) is 7.10. The van der Waals surface area contributed by atoms with Crippen LogP contribution < -0.4 is 10.0 Å². The Morgan fingerprint density at radius 3 is 2.42 bits per heavy atom. The summed E-state index contributed by atoms with van der Waals surface area (Å²) in [7, 11) is -3.25. The predicted octanol–water partition coefficient (Wildman–Crippen LogP) is -1.24. The molecule has 0 aliphatic carbocycles. The number of rotatable bonds is 6. The number of carbonyl (C=O) groups excluding carboxylic acids is 1. The van der Waals surface area contributed by atoms with Crippen molar-refractivity contribution in [2.75, 3.05) is 45.6 Å². The summed E-state index contributed by atoms with van der Waals surface area (Å²) in [6.45, 7) is 6.50. The Morgan fingerprint density at radius 1 is 1.32 bits per heavy atom. The van der Waals surface area contributed by atoms with Gasteiger partial charge in [-0.25, -0.2) is 13.1 Å². The van der Waals surface area contributed by atoms with E-state index < -0.39 is 15.6 Å². The van der Waals surface area contributed by atoms with Gasteiger partial charge in [-0.3, -0.25) is 4.79 Å². The molecule has 1 rings (SSSR count). The lowest BCUT2D eigenvalue weighted by Gasteiger charge is -2.28. The summed E-state index contributed by atoms with van der Waals surface area (Å²) in [6.07, 6.45) is 1.12. The summed E-state index contributed by atoms with van der Waals surface area (Å²) in [6, 6.07) is 0. The van der Waals surface area contributed by atoms with Crippen molar-refractivity contribution in [3.05, 3.63) is 0 Å². The maximum Gasteiger partial charge on any atom is 0.236 e. The number of amides is 1. The van der Waals surface area contributed by atoms with Gasteiger partial charge in [0, 0.05) is 25.2 Å². The Bertz CT molecular complexity index is 402. The Labute approximate surface area is 114 Å². The average Bonchev–Trinajstić information content (AvgIpc) is 2.26. The number of sulfonamides is 1. The first kappa shape index (κ1) is 16.4. The largest absolute Gasteiger partial charge is 0.378 e. The van der Waals surface area contributed by atoms with E-state index in [1.54, 1.807) is 18.7 Å². The zero-order valence-corrected chi connectivity index (χ0v) is 12.5. The number of nitrogens with zero attached hydrogens (tertiary/aromatic N) is 1. The van der Waals surface area contributed by atoms with E-state index in [2.05, 4.69) is 10.0 Å². The second kappa shape index (κ2) is 6.65. The summed E-state index contributed by atoms with van der Waals surface area (Å²) < 4.78 is 30.0. The molecule has 112 valence electrons. The van der Waals surface area contributed by atoms with E-state index in [-0.39, 0.29) is 12.5 Å². The summed E-state index contributed by atoms with van der Waals surface area (Å²) >= 11 is 0. The van der Waals surface area contributed by atoms with Crippen LogP contribution in [0.4, 0.5) is 0 Å². The molecule has 0 spiro atoms. The number of hydrogen-bond donors (Lipinski definition) is 2. The van der Waals surface area contributed by atoms with E-state index in [1.807, 2.05) is 0 Å². The molecule has 0 unspecified atom stereocenters. The van der Waals surface area contributed by atoms with Crippen molar-refractivity contribution in [1.82, 2.24) is 14.9 Å². The third-order valence-corrected chi connectivity index (χ3v) is 3.59. The van der Waals surface area contributed by atoms with Crippen molar-refractivity contribution >= 4 is 15.9 Å². The maximum atomic E-state index is 11.8. The van der Waals surface area contributed by atoms with Crippen molar-refractivity contribution in [3.8, 4) is 0 Å². The zero-order chi connectivity index (χ0) is 14.5. The summed E-state index contributed by atoms with van der Waals surface area (Å²) in [5.74, 6) is 0.0125. The van der Waals surface area contributed by atoms with Crippen molar-refractivity contribution in [2.24, 2.45) is 0 Å². The van der Waals surface area contributed by atoms with E-state index in [4.69, 9.17) is 4.74 Å². The van der Waals surface area contributed by atoms with Crippen LogP contribution in [0.25, 0.3) is 0 Å². The lowest BCUT2D eigenvalue weighted by atomic mass is 10.1. The topological polar surface area (TPSA) is 87.7 Å². The van der Waals surface area contributed by atoms with Gasteiger partial charge in [0.25, 0.3) is 0 Å². The first-order valence-electron chi connectivity index (χ1n) is 6.25. The van der Waals surface area contributed by atoms with Gasteiger partial charge in [-0.2, -0.15) is 0 Å². The molecule has 0 radical (unpaired) electrons. The van der Waals surface area contributed by atoms with Crippen LogP contribution in [0.1, 0.15) is 13.8 Å². The summed E-state index contributed by atoms with van der Waals surface area (Å²) in [5, 5.41) is 2.99. The van der Waals surface area contributed by atoms with Crippen LogP contribution in [-0.4, -0.2) is 70.4 Å². The Morgan fingerprint density at radius 2 is 1.89 bits per heavy atom. The first-order valence-corrected chi connectivity index (χ1v) is 8.14. The highest BCUT2D eigenvalue weighted by atomic mass is 32.2. The van der Waals surface area contributed by atoms with E-state index in [0.29, 0.717) is 32.8 Å². The van der Waals surface area contributed by atoms with Crippen LogP contribution in [0.3, 0.4) is 0 Å². The van der Waals surface area contributed by atoms with E-state index in [1.165, 1.54) is 0 Å². The fraction of sp³-hybridized carbons (Fsp3) is 0.909. The number of morpholine rings is 1. The van der Waals surface area contributed by atoms with Crippen LogP contribution in [0.15, 0.2) is 0 Å². The normalized spacial score (nSPS) is 17.5. The van der Waals surface area contributed by atoms with Gasteiger partial charge < -0.3 is 15.0 Å². The minimum atomic E-state index is -3.25. The smallest absolute Gasteiger partial charge is 0.236 e. The Hall–Kier alpha value is -0.700. The number of ether oxygens (including phenoxy) is 1. The van der Waals surface area contributed by atoms with Gasteiger partial charge in [-0.1, -0.05) is 0 Å². The lowest BCUT2D eigenvalue weighted by molar-refractivity contribution is -0.134. The third kappa shape index (κ3) is 6.86. The van der Waals surface area contributed by atoms with Gasteiger partial charge in [-0.15, -0.1) is 0 Å². The molecular formula is C11H23N3O4S. The molecule has 1 heterocycles. The highest BCUT2D eigenvalue weighted by molar-refractivity contribution is 7.88. The molecule has 0 saturated carbocycles. The molecule has 1 aliphatic heterocycles. The van der Waals surface area contributed by atoms with Crippen LogP contribution in [0, 0.1) is 0 Å². The molecule has 19 heavy (non-hydrogen) atoms. The van der Waals surface area contributed by atoms with Crippen LogP contribution in [-0.2, 0) is 19.6 Å².